The molecular formula is C23H22N4O4S. The fraction of sp³-hybridized carbons (Fsp3) is 0.217. The summed E-state index contributed by atoms with van der Waals surface area (Å²) in [7, 11) is 0. The molecule has 1 amide bonds. The number of carbonyl (C=O) groups is 2. The Bertz CT molecular complexity index is 1230. The first kappa shape index (κ1) is 21.5. The predicted octanol–water partition coefficient (Wildman–Crippen LogP) is 3.90. The van der Waals surface area contributed by atoms with Gasteiger partial charge < -0.3 is 20.4 Å². The van der Waals surface area contributed by atoms with Crippen LogP contribution in [0.15, 0.2) is 54.3 Å². The Balaban J connectivity index is 1.58. The van der Waals surface area contributed by atoms with Crippen LogP contribution < -0.4 is 10.2 Å². The van der Waals surface area contributed by atoms with E-state index in [1.807, 2.05) is 24.3 Å². The smallest absolute Gasteiger partial charge is 0.326 e. The number of para-hydroxylation sites is 1. The van der Waals surface area contributed by atoms with Crippen LogP contribution in [0.5, 0.6) is 0 Å². The molecule has 0 bridgehead atoms. The van der Waals surface area contributed by atoms with Crippen LogP contribution in [0.4, 0.5) is 5.69 Å². The third-order valence-electron chi connectivity index (χ3n) is 5.25. The van der Waals surface area contributed by atoms with Crippen LogP contribution in [-0.4, -0.2) is 45.5 Å². The maximum atomic E-state index is 12.6. The van der Waals surface area contributed by atoms with E-state index < -0.39 is 17.9 Å². The summed E-state index contributed by atoms with van der Waals surface area (Å²) in [6.45, 7) is 3.52. The molecule has 2 heterocycles. The molecule has 164 valence electrons. The van der Waals surface area contributed by atoms with Crippen LogP contribution in [-0.2, 0) is 4.79 Å². The van der Waals surface area contributed by atoms with E-state index in [1.54, 1.807) is 43.0 Å². The molecule has 1 atom stereocenters. The number of anilines is 1. The Hall–Kier alpha value is -3.72. The van der Waals surface area contributed by atoms with Crippen molar-refractivity contribution in [2.24, 2.45) is 5.92 Å². The molecule has 1 aromatic heterocycles. The zero-order valence-corrected chi connectivity index (χ0v) is 18.3. The number of fused-ring (bicyclic) bond motifs is 1. The molecule has 0 aliphatic carbocycles. The lowest BCUT2D eigenvalue weighted by Crippen LogP contribution is -2.44. The third kappa shape index (κ3) is 3.94. The molecule has 0 saturated heterocycles. The van der Waals surface area contributed by atoms with E-state index in [9.17, 15) is 19.8 Å². The van der Waals surface area contributed by atoms with Crippen LogP contribution in [0, 0.1) is 11.3 Å². The molecule has 8 nitrogen and oxygen atoms in total. The van der Waals surface area contributed by atoms with Crippen molar-refractivity contribution in [2.45, 2.75) is 19.9 Å². The first-order valence-corrected chi connectivity index (χ1v) is 10.9. The number of nitrogens with one attached hydrogen (secondary N) is 2. The van der Waals surface area contributed by atoms with Crippen LogP contribution in [0.25, 0.3) is 15.8 Å². The van der Waals surface area contributed by atoms with Gasteiger partial charge in [0, 0.05) is 11.3 Å². The highest BCUT2D eigenvalue weighted by Gasteiger charge is 2.32. The normalized spacial score (nSPS) is 15.0. The second-order valence-corrected chi connectivity index (χ2v) is 8.86. The number of aliphatic hydroxyl groups is 1. The molecule has 9 heteroatoms. The van der Waals surface area contributed by atoms with Crippen molar-refractivity contribution >= 4 is 50.5 Å². The highest BCUT2D eigenvalue weighted by molar-refractivity contribution is 7.19. The van der Waals surface area contributed by atoms with Crippen LogP contribution in [0.1, 0.15) is 29.2 Å². The molecule has 4 N–H and O–H groups in total. The van der Waals surface area contributed by atoms with Crippen LogP contribution in [0.2, 0.25) is 0 Å². The average molecular weight is 451 g/mol. The standard InChI is InChI=1S/C23H22N4O4S/c1-12(2)19(23(30)31)26-21(29)13-6-5-7-14(10-13)27-11-16(28)18(20(27)24)22-25-15-8-3-4-9-17(15)32-22/h3-10,12,19,24,28H,11H2,1-2H3,(H,26,29)(H,30,31). The summed E-state index contributed by atoms with van der Waals surface area (Å²) in [5.41, 5.74) is 1.99. The molecule has 3 aromatic rings. The number of carbonyl (C=O) groups excluding carboxylic acids is 1. The van der Waals surface area contributed by atoms with Gasteiger partial charge in [-0.1, -0.05) is 32.0 Å². The van der Waals surface area contributed by atoms with E-state index >= 15 is 0 Å². The van der Waals surface area contributed by atoms with Gasteiger partial charge in [-0.05, 0) is 36.2 Å². The van der Waals surface area contributed by atoms with Gasteiger partial charge in [-0.3, -0.25) is 10.2 Å². The minimum Gasteiger partial charge on any atom is -0.510 e. The number of amidine groups is 1. The van der Waals surface area contributed by atoms with E-state index in [2.05, 4.69) is 10.3 Å². The fourth-order valence-corrected chi connectivity index (χ4v) is 4.59. The number of carboxylic acids is 1. The summed E-state index contributed by atoms with van der Waals surface area (Å²) >= 11 is 1.40. The van der Waals surface area contributed by atoms with E-state index in [0.717, 1.165) is 10.2 Å². The first-order valence-electron chi connectivity index (χ1n) is 10.0. The number of aliphatic carboxylic acids is 1. The van der Waals surface area contributed by atoms with E-state index in [0.29, 0.717) is 16.3 Å². The van der Waals surface area contributed by atoms with Gasteiger partial charge in [0.15, 0.2) is 0 Å². The van der Waals surface area contributed by atoms with Gasteiger partial charge in [-0.15, -0.1) is 11.3 Å². The molecule has 2 aromatic carbocycles. The molecule has 0 saturated carbocycles. The molecule has 1 aliphatic heterocycles. The lowest BCUT2D eigenvalue weighted by atomic mass is 10.0. The van der Waals surface area contributed by atoms with Crippen molar-refractivity contribution in [2.75, 3.05) is 11.4 Å². The number of carboxylic acid groups (broad SMARTS) is 1. The van der Waals surface area contributed by atoms with Crippen molar-refractivity contribution in [1.29, 1.82) is 5.41 Å². The molecular weight excluding hydrogens is 428 g/mol. The second-order valence-electron chi connectivity index (χ2n) is 7.83. The monoisotopic (exact) mass is 450 g/mol. The quantitative estimate of drug-likeness (QED) is 0.451. The molecule has 0 spiro atoms. The minimum atomic E-state index is -1.10. The zero-order chi connectivity index (χ0) is 23.0. The van der Waals surface area contributed by atoms with E-state index in [-0.39, 0.29) is 29.6 Å². The molecule has 4 rings (SSSR count). The van der Waals surface area contributed by atoms with Crippen molar-refractivity contribution < 1.29 is 19.8 Å². The van der Waals surface area contributed by atoms with Gasteiger partial charge in [0.1, 0.15) is 22.6 Å². The third-order valence-corrected chi connectivity index (χ3v) is 6.30. The van der Waals surface area contributed by atoms with Gasteiger partial charge in [0.25, 0.3) is 5.91 Å². The number of nitrogens with zero attached hydrogens (tertiary/aromatic N) is 2. The van der Waals surface area contributed by atoms with Gasteiger partial charge >= 0.3 is 5.97 Å². The van der Waals surface area contributed by atoms with Crippen molar-refractivity contribution in [3.05, 3.63) is 64.9 Å². The van der Waals surface area contributed by atoms with Gasteiger partial charge in [0.05, 0.1) is 22.3 Å². The Labute approximate surface area is 188 Å². The second kappa shape index (κ2) is 8.43. The maximum Gasteiger partial charge on any atom is 0.326 e. The topological polar surface area (TPSA) is 127 Å². The highest BCUT2D eigenvalue weighted by atomic mass is 32.1. The molecule has 1 unspecified atom stereocenters. The maximum absolute atomic E-state index is 12.6. The summed E-state index contributed by atoms with van der Waals surface area (Å²) in [5.74, 6) is -1.76. The summed E-state index contributed by atoms with van der Waals surface area (Å²) in [4.78, 5) is 30.2. The SMILES string of the molecule is CC(C)C(NC(=O)c1cccc(N2CC(O)=C(c3nc4ccccc4s3)C2=N)c1)C(=O)O. The number of thiazole rings is 1. The van der Waals surface area contributed by atoms with Crippen LogP contribution >= 0.6 is 11.3 Å². The summed E-state index contributed by atoms with van der Waals surface area (Å²) in [5, 5.41) is 31.7. The molecule has 32 heavy (non-hydrogen) atoms. The average Bonchev–Trinajstić information content (AvgIpc) is 3.31. The minimum absolute atomic E-state index is 0.0367. The van der Waals surface area contributed by atoms with Gasteiger partial charge in [-0.2, -0.15) is 0 Å². The number of rotatable bonds is 6. The van der Waals surface area contributed by atoms with Crippen molar-refractivity contribution in [3.63, 3.8) is 0 Å². The molecule has 0 radical (unpaired) electrons. The van der Waals surface area contributed by atoms with Crippen molar-refractivity contribution in [1.82, 2.24) is 10.3 Å². The number of benzene rings is 2. The number of aromatic nitrogens is 1. The van der Waals surface area contributed by atoms with Crippen molar-refractivity contribution in [3.8, 4) is 0 Å². The first-order chi connectivity index (χ1) is 15.3. The predicted molar refractivity (Wildman–Crippen MR) is 124 cm³/mol. The zero-order valence-electron chi connectivity index (χ0n) is 17.5. The number of aliphatic hydroxyl groups excluding tert-OH is 1. The number of hydrogen-bond donors (Lipinski definition) is 4. The van der Waals surface area contributed by atoms with E-state index in [4.69, 9.17) is 5.41 Å². The van der Waals surface area contributed by atoms with E-state index in [1.165, 1.54) is 11.3 Å². The lowest BCUT2D eigenvalue weighted by molar-refractivity contribution is -0.140. The summed E-state index contributed by atoms with van der Waals surface area (Å²) in [6.07, 6.45) is 0. The fourth-order valence-electron chi connectivity index (χ4n) is 3.56. The van der Waals surface area contributed by atoms with Crippen LogP contribution in [0.3, 0.4) is 0 Å². The Kier molecular flexibility index (Phi) is 5.67. The molecule has 0 fully saturated rings. The van der Waals surface area contributed by atoms with Gasteiger partial charge in [-0.25, -0.2) is 9.78 Å². The Morgan fingerprint density at radius 3 is 2.62 bits per heavy atom. The number of amides is 1. The van der Waals surface area contributed by atoms with Gasteiger partial charge in [0.2, 0.25) is 0 Å². The summed E-state index contributed by atoms with van der Waals surface area (Å²) in [6, 6.07) is 13.2. The largest absolute Gasteiger partial charge is 0.510 e. The lowest BCUT2D eigenvalue weighted by Gasteiger charge is -2.21. The highest BCUT2D eigenvalue weighted by Crippen LogP contribution is 2.35. The number of hydrogen-bond acceptors (Lipinski definition) is 6. The summed E-state index contributed by atoms with van der Waals surface area (Å²) < 4.78 is 0.964. The molecule has 1 aliphatic rings. The Morgan fingerprint density at radius 2 is 1.94 bits per heavy atom. The Morgan fingerprint density at radius 1 is 1.19 bits per heavy atom.